The van der Waals surface area contributed by atoms with Gasteiger partial charge in [0, 0.05) is 12.1 Å². The Kier molecular flexibility index (Phi) is 4.64. The summed E-state index contributed by atoms with van der Waals surface area (Å²) in [7, 11) is -2.66. The van der Waals surface area contributed by atoms with Gasteiger partial charge in [0.15, 0.2) is 0 Å². The molecule has 0 radical (unpaired) electrons. The second kappa shape index (κ2) is 5.51. The van der Waals surface area contributed by atoms with Crippen LogP contribution in [-0.4, -0.2) is 28.2 Å². The zero-order valence-corrected chi connectivity index (χ0v) is 11.5. The minimum atomic E-state index is -4.61. The molecule has 0 aliphatic carbocycles. The standard InChI is InChI=1S/C10H15F3N2O3S/c1-6-8(4-14-3)9(7(2)18-6)19(16,17)15-5-10(11,12)13/h14-15H,4-5H2,1-3H3. The predicted octanol–water partition coefficient (Wildman–Crippen LogP) is 1.46. The van der Waals surface area contributed by atoms with E-state index in [0.29, 0.717) is 11.3 Å². The quantitative estimate of drug-likeness (QED) is 0.863. The van der Waals surface area contributed by atoms with Crippen molar-refractivity contribution in [1.82, 2.24) is 10.0 Å². The van der Waals surface area contributed by atoms with Gasteiger partial charge in [-0.25, -0.2) is 13.1 Å². The lowest BCUT2D eigenvalue weighted by molar-refractivity contribution is -0.121. The van der Waals surface area contributed by atoms with Gasteiger partial charge in [-0.05, 0) is 20.9 Å². The van der Waals surface area contributed by atoms with Crippen molar-refractivity contribution in [3.8, 4) is 0 Å². The minimum absolute atomic E-state index is 0.0671. The Hall–Kier alpha value is -1.06. The Balaban J connectivity index is 3.14. The number of rotatable bonds is 5. The lowest BCUT2D eigenvalue weighted by Gasteiger charge is -2.10. The van der Waals surface area contributed by atoms with Crippen molar-refractivity contribution in [2.24, 2.45) is 0 Å². The molecule has 0 aliphatic heterocycles. The van der Waals surface area contributed by atoms with Crippen LogP contribution in [0.25, 0.3) is 0 Å². The summed E-state index contributed by atoms with van der Waals surface area (Å²) in [5.41, 5.74) is 0.328. The molecule has 0 saturated carbocycles. The number of hydrogen-bond acceptors (Lipinski definition) is 4. The van der Waals surface area contributed by atoms with Crippen molar-refractivity contribution >= 4 is 10.0 Å². The molecule has 110 valence electrons. The molecule has 0 bridgehead atoms. The van der Waals surface area contributed by atoms with Crippen LogP contribution in [0.5, 0.6) is 0 Å². The van der Waals surface area contributed by atoms with E-state index < -0.39 is 22.7 Å². The molecule has 2 N–H and O–H groups in total. The highest BCUT2D eigenvalue weighted by atomic mass is 32.2. The molecule has 0 amide bonds. The van der Waals surface area contributed by atoms with Crippen LogP contribution in [0.4, 0.5) is 13.2 Å². The van der Waals surface area contributed by atoms with Gasteiger partial charge < -0.3 is 9.73 Å². The molecule has 1 aromatic heterocycles. The number of alkyl halides is 3. The summed E-state index contributed by atoms with van der Waals surface area (Å²) in [4.78, 5) is -0.233. The van der Waals surface area contributed by atoms with Crippen molar-refractivity contribution in [3.63, 3.8) is 0 Å². The van der Waals surface area contributed by atoms with Crippen LogP contribution in [0, 0.1) is 13.8 Å². The molecule has 5 nitrogen and oxygen atoms in total. The van der Waals surface area contributed by atoms with E-state index in [0.717, 1.165) is 0 Å². The predicted molar refractivity (Wildman–Crippen MR) is 62.2 cm³/mol. The van der Waals surface area contributed by atoms with E-state index in [1.165, 1.54) is 11.6 Å². The molecular formula is C10H15F3N2O3S. The third-order valence-electron chi connectivity index (χ3n) is 2.41. The van der Waals surface area contributed by atoms with Crippen LogP contribution >= 0.6 is 0 Å². The van der Waals surface area contributed by atoms with Gasteiger partial charge in [-0.1, -0.05) is 0 Å². The molecule has 0 spiro atoms. The number of aryl methyl sites for hydroxylation is 2. The average Bonchev–Trinajstić information content (AvgIpc) is 2.51. The van der Waals surface area contributed by atoms with E-state index in [1.54, 1.807) is 14.0 Å². The summed E-state index contributed by atoms with van der Waals surface area (Å²) in [6.45, 7) is 1.53. The van der Waals surface area contributed by atoms with Gasteiger partial charge in [0.05, 0.1) is 0 Å². The van der Waals surface area contributed by atoms with Crippen LogP contribution in [-0.2, 0) is 16.6 Å². The normalized spacial score (nSPS) is 12.9. The first-order valence-electron chi connectivity index (χ1n) is 5.38. The zero-order valence-electron chi connectivity index (χ0n) is 10.7. The van der Waals surface area contributed by atoms with E-state index in [2.05, 4.69) is 5.32 Å². The third kappa shape index (κ3) is 3.95. The average molecular weight is 300 g/mol. The van der Waals surface area contributed by atoms with Gasteiger partial charge in [0.2, 0.25) is 10.0 Å². The number of sulfonamides is 1. The van der Waals surface area contributed by atoms with E-state index in [-0.39, 0.29) is 17.2 Å². The van der Waals surface area contributed by atoms with Crippen molar-refractivity contribution in [2.45, 2.75) is 31.5 Å². The maximum absolute atomic E-state index is 12.1. The topological polar surface area (TPSA) is 71.3 Å². The molecular weight excluding hydrogens is 285 g/mol. The Morgan fingerprint density at radius 3 is 2.26 bits per heavy atom. The molecule has 1 heterocycles. The molecule has 1 rings (SSSR count). The van der Waals surface area contributed by atoms with Crippen molar-refractivity contribution in [2.75, 3.05) is 13.6 Å². The Labute approximate surface area is 109 Å². The lowest BCUT2D eigenvalue weighted by atomic mass is 10.2. The molecule has 0 aromatic carbocycles. The first-order valence-corrected chi connectivity index (χ1v) is 6.86. The van der Waals surface area contributed by atoms with Crippen LogP contribution in [0.1, 0.15) is 17.1 Å². The molecule has 9 heteroatoms. The monoisotopic (exact) mass is 300 g/mol. The summed E-state index contributed by atoms with van der Waals surface area (Å²) in [6.07, 6.45) is -4.61. The second-order valence-corrected chi connectivity index (χ2v) is 5.70. The van der Waals surface area contributed by atoms with E-state index in [9.17, 15) is 21.6 Å². The second-order valence-electron chi connectivity index (χ2n) is 3.99. The zero-order chi connectivity index (χ0) is 14.8. The summed E-state index contributed by atoms with van der Waals surface area (Å²) in [6, 6.07) is 0. The SMILES string of the molecule is CNCc1c(C)oc(C)c1S(=O)(=O)NCC(F)(F)F. The largest absolute Gasteiger partial charge is 0.465 e. The van der Waals surface area contributed by atoms with Crippen LogP contribution in [0.3, 0.4) is 0 Å². The van der Waals surface area contributed by atoms with Gasteiger partial charge in [-0.15, -0.1) is 0 Å². The fourth-order valence-electron chi connectivity index (χ4n) is 1.69. The Morgan fingerprint density at radius 2 is 1.79 bits per heavy atom. The first-order chi connectivity index (χ1) is 8.58. The number of halogens is 3. The van der Waals surface area contributed by atoms with E-state index in [1.807, 2.05) is 0 Å². The van der Waals surface area contributed by atoms with Crippen molar-refractivity contribution < 1.29 is 26.0 Å². The summed E-state index contributed by atoms with van der Waals surface area (Å²) < 4.78 is 66.8. The van der Waals surface area contributed by atoms with Crippen LogP contribution < -0.4 is 10.0 Å². The summed E-state index contributed by atoms with van der Waals surface area (Å²) in [5.74, 6) is 0.427. The smallest absolute Gasteiger partial charge is 0.402 e. The maximum atomic E-state index is 12.1. The van der Waals surface area contributed by atoms with Gasteiger partial charge in [0.25, 0.3) is 0 Å². The van der Waals surface area contributed by atoms with E-state index >= 15 is 0 Å². The fraction of sp³-hybridized carbons (Fsp3) is 0.600. The van der Waals surface area contributed by atoms with Gasteiger partial charge in [-0.3, -0.25) is 0 Å². The minimum Gasteiger partial charge on any atom is -0.465 e. The Morgan fingerprint density at radius 1 is 1.21 bits per heavy atom. The van der Waals surface area contributed by atoms with Crippen molar-refractivity contribution in [3.05, 3.63) is 17.1 Å². The molecule has 1 aromatic rings. The molecule has 0 fully saturated rings. The number of nitrogens with one attached hydrogen (secondary N) is 2. The highest BCUT2D eigenvalue weighted by Crippen LogP contribution is 2.26. The molecule has 19 heavy (non-hydrogen) atoms. The highest BCUT2D eigenvalue weighted by Gasteiger charge is 2.33. The van der Waals surface area contributed by atoms with Crippen LogP contribution in [0.2, 0.25) is 0 Å². The van der Waals surface area contributed by atoms with E-state index in [4.69, 9.17) is 4.42 Å². The summed E-state index contributed by atoms with van der Waals surface area (Å²) >= 11 is 0. The summed E-state index contributed by atoms with van der Waals surface area (Å²) in [5, 5.41) is 2.75. The Bertz CT molecular complexity index is 549. The van der Waals surface area contributed by atoms with Gasteiger partial charge >= 0.3 is 6.18 Å². The molecule has 0 unspecified atom stereocenters. The number of hydrogen-bond donors (Lipinski definition) is 2. The lowest BCUT2D eigenvalue weighted by Crippen LogP contribution is -2.34. The maximum Gasteiger partial charge on any atom is 0.402 e. The first kappa shape index (κ1) is 16.0. The molecule has 0 atom stereocenters. The van der Waals surface area contributed by atoms with Crippen LogP contribution in [0.15, 0.2) is 9.31 Å². The third-order valence-corrected chi connectivity index (χ3v) is 4.01. The fourth-order valence-corrected chi connectivity index (χ4v) is 3.15. The highest BCUT2D eigenvalue weighted by molar-refractivity contribution is 7.89. The number of furan rings is 1. The van der Waals surface area contributed by atoms with Crippen molar-refractivity contribution in [1.29, 1.82) is 0 Å². The molecule has 0 saturated heterocycles. The van der Waals surface area contributed by atoms with Gasteiger partial charge in [-0.2, -0.15) is 13.2 Å². The molecule has 0 aliphatic rings. The van der Waals surface area contributed by atoms with Gasteiger partial charge in [0.1, 0.15) is 23.0 Å².